The van der Waals surface area contributed by atoms with E-state index in [9.17, 15) is 13.2 Å². The highest BCUT2D eigenvalue weighted by atomic mass is 32.2. The second-order valence-corrected chi connectivity index (χ2v) is 10.5. The van der Waals surface area contributed by atoms with Gasteiger partial charge in [-0.2, -0.15) is 0 Å². The quantitative estimate of drug-likeness (QED) is 0.793. The molecule has 1 aliphatic heterocycles. The Morgan fingerprint density at radius 1 is 1.03 bits per heavy atom. The molecule has 0 radical (unpaired) electrons. The third kappa shape index (κ3) is 4.76. The van der Waals surface area contributed by atoms with E-state index in [1.54, 1.807) is 0 Å². The van der Waals surface area contributed by atoms with E-state index in [4.69, 9.17) is 0 Å². The number of rotatable bonds is 5. The number of likely N-dealkylation sites (tertiary alicyclic amines) is 1. The molecule has 1 N–H and O–H groups in total. The molecular formula is C24H30N2O3S. The predicted octanol–water partition coefficient (Wildman–Crippen LogP) is 3.70. The first-order valence-electron chi connectivity index (χ1n) is 10.7. The Bertz CT molecular complexity index is 1020. The molecule has 0 spiro atoms. The summed E-state index contributed by atoms with van der Waals surface area (Å²) in [5.41, 5.74) is 4.96. The van der Waals surface area contributed by atoms with Crippen LogP contribution in [0.2, 0.25) is 0 Å². The van der Waals surface area contributed by atoms with Crippen molar-refractivity contribution in [1.82, 2.24) is 9.62 Å². The molecule has 1 saturated heterocycles. The number of nitrogens with zero attached hydrogens (tertiary/aromatic N) is 1. The lowest BCUT2D eigenvalue weighted by Crippen LogP contribution is -2.36. The first-order chi connectivity index (χ1) is 14.3. The minimum atomic E-state index is -3.22. The lowest BCUT2D eigenvalue weighted by molar-refractivity contribution is -0.132. The summed E-state index contributed by atoms with van der Waals surface area (Å²) in [5.74, 6) is 0.523. The van der Waals surface area contributed by atoms with E-state index in [1.165, 1.54) is 28.5 Å². The first-order valence-corrected chi connectivity index (χ1v) is 12.6. The summed E-state index contributed by atoms with van der Waals surface area (Å²) < 4.78 is 25.8. The van der Waals surface area contributed by atoms with Crippen molar-refractivity contribution in [2.75, 3.05) is 19.3 Å². The highest BCUT2D eigenvalue weighted by Gasteiger charge is 2.47. The molecule has 6 heteroatoms. The lowest BCUT2D eigenvalue weighted by Gasteiger charge is -2.21. The largest absolute Gasteiger partial charge is 0.342 e. The van der Waals surface area contributed by atoms with Crippen molar-refractivity contribution in [3.05, 3.63) is 59.7 Å². The molecule has 1 saturated carbocycles. The minimum Gasteiger partial charge on any atom is -0.342 e. The van der Waals surface area contributed by atoms with Gasteiger partial charge < -0.3 is 4.90 Å². The normalized spacial score (nSPS) is 24.3. The number of carbonyl (C=O) groups is 1. The molecule has 2 aromatic carbocycles. The molecule has 3 unspecified atom stereocenters. The number of aryl methyl sites for hydroxylation is 1. The van der Waals surface area contributed by atoms with Crippen molar-refractivity contribution in [3.63, 3.8) is 0 Å². The number of carbonyl (C=O) groups excluding carboxylic acids is 1. The maximum Gasteiger partial charge on any atom is 0.226 e. The smallest absolute Gasteiger partial charge is 0.226 e. The van der Waals surface area contributed by atoms with E-state index >= 15 is 0 Å². The van der Waals surface area contributed by atoms with Crippen LogP contribution >= 0.6 is 0 Å². The number of amides is 1. The SMILES string of the molecule is Cc1cccc(C2CC2C(=O)N2CCCC(NS(C)(=O)=O)CC2)c1-c1ccccc1. The summed E-state index contributed by atoms with van der Waals surface area (Å²) in [6.45, 7) is 3.46. The van der Waals surface area contributed by atoms with E-state index in [1.807, 2.05) is 11.0 Å². The molecule has 5 nitrogen and oxygen atoms in total. The standard InChI is InChI=1S/C24H30N2O3S/c1-17-8-6-12-20(23(17)18-9-4-3-5-10-18)21-16-22(21)24(27)26-14-7-11-19(13-15-26)25-30(2,28)29/h3-6,8-10,12,19,21-22,25H,7,11,13-16H2,1-2H3. The van der Waals surface area contributed by atoms with Gasteiger partial charge in [0, 0.05) is 25.0 Å². The Morgan fingerprint density at radius 2 is 1.80 bits per heavy atom. The number of sulfonamides is 1. The van der Waals surface area contributed by atoms with Crippen molar-refractivity contribution >= 4 is 15.9 Å². The lowest BCUT2D eigenvalue weighted by atomic mass is 9.92. The average Bonchev–Trinajstić information content (AvgIpc) is 3.51. The first kappa shape index (κ1) is 21.1. The monoisotopic (exact) mass is 426 g/mol. The van der Waals surface area contributed by atoms with Gasteiger partial charge in [0.05, 0.1) is 6.26 Å². The second-order valence-electron chi connectivity index (χ2n) is 8.70. The fraction of sp³-hybridized carbons (Fsp3) is 0.458. The van der Waals surface area contributed by atoms with Crippen molar-refractivity contribution in [1.29, 1.82) is 0 Å². The van der Waals surface area contributed by atoms with Crippen LogP contribution in [0, 0.1) is 12.8 Å². The van der Waals surface area contributed by atoms with Gasteiger partial charge in [-0.25, -0.2) is 13.1 Å². The molecule has 1 aliphatic carbocycles. The molecule has 0 bridgehead atoms. The van der Waals surface area contributed by atoms with Crippen LogP contribution in [-0.2, 0) is 14.8 Å². The van der Waals surface area contributed by atoms with Crippen LogP contribution in [-0.4, -0.2) is 44.6 Å². The Morgan fingerprint density at radius 3 is 2.53 bits per heavy atom. The highest BCUT2D eigenvalue weighted by Crippen LogP contribution is 2.51. The van der Waals surface area contributed by atoms with Gasteiger partial charge in [0.1, 0.15) is 0 Å². The third-order valence-corrected chi connectivity index (χ3v) is 7.06. The van der Waals surface area contributed by atoms with E-state index in [0.717, 1.165) is 19.3 Å². The number of hydrogen-bond donors (Lipinski definition) is 1. The number of nitrogens with one attached hydrogen (secondary N) is 1. The number of benzene rings is 2. The highest BCUT2D eigenvalue weighted by molar-refractivity contribution is 7.88. The van der Waals surface area contributed by atoms with Gasteiger partial charge in [-0.05, 0) is 60.8 Å². The topological polar surface area (TPSA) is 66.5 Å². The Hall–Kier alpha value is -2.18. The molecule has 0 aromatic heterocycles. The van der Waals surface area contributed by atoms with E-state index in [2.05, 4.69) is 54.1 Å². The minimum absolute atomic E-state index is 0.0358. The van der Waals surface area contributed by atoms with Crippen LogP contribution < -0.4 is 4.72 Å². The van der Waals surface area contributed by atoms with Crippen LogP contribution in [0.1, 0.15) is 42.7 Å². The van der Waals surface area contributed by atoms with Gasteiger partial charge in [0.15, 0.2) is 0 Å². The fourth-order valence-corrected chi connectivity index (χ4v) is 5.62. The molecule has 2 aliphatic rings. The van der Waals surface area contributed by atoms with Crippen LogP contribution in [0.4, 0.5) is 0 Å². The van der Waals surface area contributed by atoms with Gasteiger partial charge in [-0.15, -0.1) is 0 Å². The van der Waals surface area contributed by atoms with E-state index in [-0.39, 0.29) is 23.8 Å². The van der Waals surface area contributed by atoms with Crippen molar-refractivity contribution in [3.8, 4) is 11.1 Å². The zero-order valence-electron chi connectivity index (χ0n) is 17.7. The van der Waals surface area contributed by atoms with Crippen LogP contribution in [0.3, 0.4) is 0 Å². The molecule has 160 valence electrons. The molecule has 1 heterocycles. The van der Waals surface area contributed by atoms with E-state index < -0.39 is 10.0 Å². The Balaban J connectivity index is 1.46. The average molecular weight is 427 g/mol. The zero-order valence-corrected chi connectivity index (χ0v) is 18.5. The van der Waals surface area contributed by atoms with Crippen molar-refractivity contribution in [2.24, 2.45) is 5.92 Å². The molecule has 4 rings (SSSR count). The summed E-state index contributed by atoms with van der Waals surface area (Å²) in [4.78, 5) is 15.2. The Labute approximate surface area is 179 Å². The molecule has 1 amide bonds. The summed E-state index contributed by atoms with van der Waals surface area (Å²) >= 11 is 0. The molecule has 30 heavy (non-hydrogen) atoms. The summed E-state index contributed by atoms with van der Waals surface area (Å²) in [7, 11) is -3.22. The summed E-state index contributed by atoms with van der Waals surface area (Å²) in [6, 6.07) is 16.7. The maximum absolute atomic E-state index is 13.2. The molecule has 3 atom stereocenters. The van der Waals surface area contributed by atoms with Gasteiger partial charge in [-0.3, -0.25) is 4.79 Å². The summed E-state index contributed by atoms with van der Waals surface area (Å²) in [6.07, 6.45) is 4.37. The Kier molecular flexibility index (Phi) is 5.98. The van der Waals surface area contributed by atoms with E-state index in [0.29, 0.717) is 19.5 Å². The zero-order chi connectivity index (χ0) is 21.3. The maximum atomic E-state index is 13.2. The molecule has 2 fully saturated rings. The molecular weight excluding hydrogens is 396 g/mol. The predicted molar refractivity (Wildman–Crippen MR) is 120 cm³/mol. The van der Waals surface area contributed by atoms with Gasteiger partial charge in [0.25, 0.3) is 0 Å². The fourth-order valence-electron chi connectivity index (χ4n) is 4.78. The van der Waals surface area contributed by atoms with Crippen LogP contribution in [0.25, 0.3) is 11.1 Å². The second kappa shape index (κ2) is 8.52. The van der Waals surface area contributed by atoms with Crippen molar-refractivity contribution in [2.45, 2.75) is 44.6 Å². The van der Waals surface area contributed by atoms with Crippen molar-refractivity contribution < 1.29 is 13.2 Å². The van der Waals surface area contributed by atoms with Gasteiger partial charge in [0.2, 0.25) is 15.9 Å². The summed E-state index contributed by atoms with van der Waals surface area (Å²) in [5, 5.41) is 0. The van der Waals surface area contributed by atoms with Crippen LogP contribution in [0.5, 0.6) is 0 Å². The molecule has 2 aromatic rings. The number of hydrogen-bond acceptors (Lipinski definition) is 3. The van der Waals surface area contributed by atoms with Gasteiger partial charge >= 0.3 is 0 Å². The van der Waals surface area contributed by atoms with Crippen LogP contribution in [0.15, 0.2) is 48.5 Å². The third-order valence-electron chi connectivity index (χ3n) is 6.30. The van der Waals surface area contributed by atoms with Gasteiger partial charge in [-0.1, -0.05) is 48.5 Å².